The van der Waals surface area contributed by atoms with Crippen molar-refractivity contribution < 1.29 is 14.3 Å². The first-order chi connectivity index (χ1) is 10.0. The van der Waals surface area contributed by atoms with Gasteiger partial charge in [0.05, 0.1) is 11.3 Å². The molecule has 3 N–H and O–H groups in total. The topological polar surface area (TPSA) is 66.6 Å². The molecule has 1 spiro atoms. The number of piperidine rings is 1. The van der Waals surface area contributed by atoms with Gasteiger partial charge in [-0.05, 0) is 43.2 Å². The van der Waals surface area contributed by atoms with E-state index in [2.05, 4.69) is 0 Å². The summed E-state index contributed by atoms with van der Waals surface area (Å²) in [7, 11) is 0. The van der Waals surface area contributed by atoms with Crippen molar-refractivity contribution in [1.82, 2.24) is 0 Å². The molecule has 2 fully saturated rings. The third kappa shape index (κ3) is 2.57. The van der Waals surface area contributed by atoms with Crippen LogP contribution in [0.15, 0.2) is 12.1 Å². The van der Waals surface area contributed by atoms with E-state index in [9.17, 15) is 9.18 Å². The number of anilines is 2. The molecule has 0 radical (unpaired) electrons. The third-order valence-electron chi connectivity index (χ3n) is 5.18. The van der Waals surface area contributed by atoms with Gasteiger partial charge in [-0.2, -0.15) is 0 Å². The zero-order chi connectivity index (χ0) is 15.0. The molecule has 2 aliphatic rings. The van der Waals surface area contributed by atoms with Crippen molar-refractivity contribution in [2.75, 3.05) is 23.7 Å². The summed E-state index contributed by atoms with van der Waals surface area (Å²) in [6, 6.07) is 2.50. The van der Waals surface area contributed by atoms with Gasteiger partial charge >= 0.3 is 5.97 Å². The van der Waals surface area contributed by atoms with Crippen LogP contribution in [-0.4, -0.2) is 24.2 Å². The van der Waals surface area contributed by atoms with Gasteiger partial charge in [0.25, 0.3) is 0 Å². The minimum atomic E-state index is -1.11. The van der Waals surface area contributed by atoms with Gasteiger partial charge in [-0.15, -0.1) is 0 Å². The molecular formula is C16H21FN2O2. The quantitative estimate of drug-likeness (QED) is 0.821. The summed E-state index contributed by atoms with van der Waals surface area (Å²) in [5, 5.41) is 9.13. The summed E-state index contributed by atoms with van der Waals surface area (Å²) in [6.45, 7) is 1.58. The molecule has 0 atom stereocenters. The van der Waals surface area contributed by atoms with Crippen molar-refractivity contribution in [1.29, 1.82) is 0 Å². The number of aromatic carboxylic acids is 1. The molecular weight excluding hydrogens is 271 g/mol. The summed E-state index contributed by atoms with van der Waals surface area (Å²) in [4.78, 5) is 13.1. The molecule has 0 bridgehead atoms. The molecule has 5 heteroatoms. The maximum Gasteiger partial charge on any atom is 0.337 e. The monoisotopic (exact) mass is 292 g/mol. The van der Waals surface area contributed by atoms with Gasteiger partial charge in [-0.25, -0.2) is 9.18 Å². The first kappa shape index (κ1) is 14.2. The Bertz CT molecular complexity index is 558. The Morgan fingerprint density at radius 1 is 1.19 bits per heavy atom. The van der Waals surface area contributed by atoms with Crippen LogP contribution in [0.5, 0.6) is 0 Å². The SMILES string of the molecule is Nc1cc(F)c(N2CCC3(CCCC3)CC2)cc1C(=O)O. The minimum absolute atomic E-state index is 0.0203. The predicted octanol–water partition coefficient (Wildman–Crippen LogP) is 3.27. The molecule has 3 rings (SSSR count). The van der Waals surface area contributed by atoms with E-state index in [0.29, 0.717) is 11.1 Å². The highest BCUT2D eigenvalue weighted by molar-refractivity contribution is 5.95. The van der Waals surface area contributed by atoms with Crippen LogP contribution in [0.4, 0.5) is 15.8 Å². The van der Waals surface area contributed by atoms with Crippen LogP contribution in [0, 0.1) is 11.2 Å². The number of carboxylic acid groups (broad SMARTS) is 1. The van der Waals surface area contributed by atoms with Crippen molar-refractivity contribution in [2.24, 2.45) is 5.41 Å². The molecule has 0 amide bonds. The van der Waals surface area contributed by atoms with Gasteiger partial charge in [0.2, 0.25) is 0 Å². The van der Waals surface area contributed by atoms with Crippen LogP contribution >= 0.6 is 0 Å². The van der Waals surface area contributed by atoms with Gasteiger partial charge in [-0.3, -0.25) is 0 Å². The van der Waals surface area contributed by atoms with Crippen LogP contribution in [0.25, 0.3) is 0 Å². The molecule has 114 valence electrons. The summed E-state index contributed by atoms with van der Waals surface area (Å²) >= 11 is 0. The van der Waals surface area contributed by atoms with E-state index >= 15 is 0 Å². The highest BCUT2D eigenvalue weighted by atomic mass is 19.1. The number of nitrogens with zero attached hydrogens (tertiary/aromatic N) is 1. The van der Waals surface area contributed by atoms with Crippen molar-refractivity contribution in [2.45, 2.75) is 38.5 Å². The van der Waals surface area contributed by atoms with Crippen LogP contribution < -0.4 is 10.6 Å². The molecule has 0 unspecified atom stereocenters. The van der Waals surface area contributed by atoms with E-state index in [1.54, 1.807) is 0 Å². The maximum absolute atomic E-state index is 14.1. The highest BCUT2D eigenvalue weighted by Crippen LogP contribution is 2.46. The summed E-state index contributed by atoms with van der Waals surface area (Å²) in [5.74, 6) is -1.54. The zero-order valence-corrected chi connectivity index (χ0v) is 12.1. The molecule has 1 heterocycles. The van der Waals surface area contributed by atoms with E-state index < -0.39 is 11.8 Å². The van der Waals surface area contributed by atoms with E-state index in [1.165, 1.54) is 31.7 Å². The minimum Gasteiger partial charge on any atom is -0.478 e. The number of halogens is 1. The van der Waals surface area contributed by atoms with E-state index in [0.717, 1.165) is 32.0 Å². The van der Waals surface area contributed by atoms with Gasteiger partial charge in [0.1, 0.15) is 5.82 Å². The lowest BCUT2D eigenvalue weighted by Gasteiger charge is -2.40. The van der Waals surface area contributed by atoms with Crippen molar-refractivity contribution >= 4 is 17.3 Å². The van der Waals surface area contributed by atoms with Gasteiger partial charge in [0, 0.05) is 18.8 Å². The lowest BCUT2D eigenvalue weighted by Crippen LogP contribution is -2.39. The van der Waals surface area contributed by atoms with Gasteiger partial charge in [-0.1, -0.05) is 12.8 Å². The molecule has 4 nitrogen and oxygen atoms in total. The largest absolute Gasteiger partial charge is 0.478 e. The van der Waals surface area contributed by atoms with Crippen LogP contribution in [0.2, 0.25) is 0 Å². The number of hydrogen-bond donors (Lipinski definition) is 2. The molecule has 0 aromatic heterocycles. The molecule has 1 aliphatic carbocycles. The molecule has 1 saturated heterocycles. The maximum atomic E-state index is 14.1. The molecule has 1 aliphatic heterocycles. The fourth-order valence-corrected chi connectivity index (χ4v) is 3.85. The fraction of sp³-hybridized carbons (Fsp3) is 0.562. The van der Waals surface area contributed by atoms with Crippen LogP contribution in [0.1, 0.15) is 48.9 Å². The van der Waals surface area contributed by atoms with Crippen molar-refractivity contribution in [3.8, 4) is 0 Å². The third-order valence-corrected chi connectivity index (χ3v) is 5.18. The first-order valence-electron chi connectivity index (χ1n) is 7.58. The Kier molecular flexibility index (Phi) is 3.51. The lowest BCUT2D eigenvalue weighted by atomic mass is 9.77. The van der Waals surface area contributed by atoms with E-state index in [-0.39, 0.29) is 11.3 Å². The Morgan fingerprint density at radius 3 is 2.38 bits per heavy atom. The summed E-state index contributed by atoms with van der Waals surface area (Å²) in [6.07, 6.45) is 7.31. The first-order valence-corrected chi connectivity index (χ1v) is 7.58. The van der Waals surface area contributed by atoms with Gasteiger partial charge < -0.3 is 15.7 Å². The second kappa shape index (κ2) is 5.20. The molecule has 21 heavy (non-hydrogen) atoms. The number of benzene rings is 1. The van der Waals surface area contributed by atoms with Crippen molar-refractivity contribution in [3.05, 3.63) is 23.5 Å². The standard InChI is InChI=1S/C16H21FN2O2/c17-12-10-13(18)11(15(20)21)9-14(12)19-7-5-16(6-8-19)3-1-2-4-16/h9-10H,1-8,18H2,(H,20,21). The second-order valence-electron chi connectivity index (χ2n) is 6.39. The second-order valence-corrected chi connectivity index (χ2v) is 6.39. The summed E-state index contributed by atoms with van der Waals surface area (Å²) < 4.78 is 14.1. The predicted molar refractivity (Wildman–Crippen MR) is 80.1 cm³/mol. The molecule has 1 saturated carbocycles. The Morgan fingerprint density at radius 2 is 1.81 bits per heavy atom. The number of nitrogens with two attached hydrogens (primary N) is 1. The van der Waals surface area contributed by atoms with E-state index in [1.807, 2.05) is 4.90 Å². The van der Waals surface area contributed by atoms with Crippen molar-refractivity contribution in [3.63, 3.8) is 0 Å². The Labute approximate surface area is 123 Å². The zero-order valence-electron chi connectivity index (χ0n) is 12.1. The number of nitrogen functional groups attached to an aromatic ring is 1. The average molecular weight is 292 g/mol. The molecule has 1 aromatic carbocycles. The smallest absolute Gasteiger partial charge is 0.337 e. The average Bonchev–Trinajstić information content (AvgIpc) is 2.88. The number of carbonyl (C=O) groups is 1. The van der Waals surface area contributed by atoms with Crippen LogP contribution in [-0.2, 0) is 0 Å². The lowest BCUT2D eigenvalue weighted by molar-refractivity contribution is 0.0698. The van der Waals surface area contributed by atoms with Gasteiger partial charge in [0.15, 0.2) is 0 Å². The fourth-order valence-electron chi connectivity index (χ4n) is 3.85. The normalized spacial score (nSPS) is 20.9. The Hall–Kier alpha value is -1.78. The summed E-state index contributed by atoms with van der Waals surface area (Å²) in [5.41, 5.74) is 6.36. The Balaban J connectivity index is 1.81. The highest BCUT2D eigenvalue weighted by Gasteiger charge is 2.37. The van der Waals surface area contributed by atoms with E-state index in [4.69, 9.17) is 10.8 Å². The molecule has 1 aromatic rings. The van der Waals surface area contributed by atoms with Crippen LogP contribution in [0.3, 0.4) is 0 Å². The number of carboxylic acids is 1. The number of hydrogen-bond acceptors (Lipinski definition) is 3. The number of rotatable bonds is 2.